The van der Waals surface area contributed by atoms with Crippen molar-refractivity contribution in [2.45, 2.75) is 58.6 Å². The third-order valence-corrected chi connectivity index (χ3v) is 4.33. The van der Waals surface area contributed by atoms with Crippen molar-refractivity contribution in [3.05, 3.63) is 22.4 Å². The Morgan fingerprint density at radius 2 is 1.92 bits per heavy atom. The fourth-order valence-corrected chi connectivity index (χ4v) is 3.19. The monoisotopic (exact) mass is 349 g/mol. The Kier molecular flexibility index (Phi) is 4.32. The van der Waals surface area contributed by atoms with E-state index in [1.165, 1.54) is 12.0 Å². The molecule has 1 atom stereocenters. The summed E-state index contributed by atoms with van der Waals surface area (Å²) in [4.78, 5) is 30.6. The van der Waals surface area contributed by atoms with Crippen LogP contribution in [0.25, 0.3) is 0 Å². The summed E-state index contributed by atoms with van der Waals surface area (Å²) in [6.07, 6.45) is -0.272. The van der Waals surface area contributed by atoms with Gasteiger partial charge >= 0.3 is 12.1 Å². The maximum Gasteiger partial charge on any atom is 0.411 e. The molecule has 2 aliphatic heterocycles. The van der Waals surface area contributed by atoms with E-state index in [0.29, 0.717) is 31.1 Å². The molecule has 2 aliphatic rings. The van der Waals surface area contributed by atoms with E-state index in [1.54, 1.807) is 20.8 Å². The predicted molar refractivity (Wildman–Crippen MR) is 88.4 cm³/mol. The number of aromatic nitrogens is 1. The largest absolute Gasteiger partial charge is 0.467 e. The van der Waals surface area contributed by atoms with E-state index in [1.807, 2.05) is 0 Å². The van der Waals surface area contributed by atoms with Gasteiger partial charge < -0.3 is 19.9 Å². The first-order valence-electron chi connectivity index (χ1n) is 8.15. The molecule has 8 nitrogen and oxygen atoms in total. The number of rotatable bonds is 1. The van der Waals surface area contributed by atoms with Crippen LogP contribution in [-0.4, -0.2) is 40.7 Å². The number of ether oxygens (including phenoxy) is 3. The SMILES string of the molecule is COC(=O)[C@H]1Cc2c(nc(N)c3c2COC3)CN1C(=O)OC(C)(C)C. The number of nitrogens with two attached hydrogens (primary N) is 1. The third kappa shape index (κ3) is 3.26. The van der Waals surface area contributed by atoms with Crippen LogP contribution in [0.4, 0.5) is 10.6 Å². The summed E-state index contributed by atoms with van der Waals surface area (Å²) in [6.45, 7) is 6.31. The van der Waals surface area contributed by atoms with Gasteiger partial charge in [-0.3, -0.25) is 4.90 Å². The van der Waals surface area contributed by atoms with Gasteiger partial charge in [0.25, 0.3) is 0 Å². The second kappa shape index (κ2) is 6.18. The smallest absolute Gasteiger partial charge is 0.411 e. The van der Waals surface area contributed by atoms with E-state index in [9.17, 15) is 9.59 Å². The fraction of sp³-hybridized carbons (Fsp3) is 0.588. The van der Waals surface area contributed by atoms with Crippen molar-refractivity contribution in [1.82, 2.24) is 9.88 Å². The van der Waals surface area contributed by atoms with Gasteiger partial charge in [-0.05, 0) is 31.9 Å². The zero-order valence-electron chi connectivity index (χ0n) is 14.9. The van der Waals surface area contributed by atoms with Crippen LogP contribution in [0.15, 0.2) is 0 Å². The van der Waals surface area contributed by atoms with Gasteiger partial charge in [0, 0.05) is 12.0 Å². The summed E-state index contributed by atoms with van der Waals surface area (Å²) in [5.74, 6) is -0.0760. The van der Waals surface area contributed by atoms with Crippen LogP contribution in [0, 0.1) is 0 Å². The molecule has 0 fully saturated rings. The average Bonchev–Trinajstić information content (AvgIpc) is 3.02. The molecule has 0 unspecified atom stereocenters. The molecule has 25 heavy (non-hydrogen) atoms. The molecule has 1 amide bonds. The summed E-state index contributed by atoms with van der Waals surface area (Å²) in [7, 11) is 1.31. The Morgan fingerprint density at radius 3 is 2.56 bits per heavy atom. The van der Waals surface area contributed by atoms with Gasteiger partial charge in [0.1, 0.15) is 17.5 Å². The molecule has 0 aromatic carbocycles. The van der Waals surface area contributed by atoms with Crippen LogP contribution < -0.4 is 5.73 Å². The minimum absolute atomic E-state index is 0.140. The number of hydrogen-bond acceptors (Lipinski definition) is 7. The minimum Gasteiger partial charge on any atom is -0.467 e. The number of methoxy groups -OCH3 is 1. The van der Waals surface area contributed by atoms with Crippen molar-refractivity contribution >= 4 is 17.9 Å². The molecule has 2 N–H and O–H groups in total. The summed E-state index contributed by atoms with van der Waals surface area (Å²) < 4.78 is 15.8. The number of esters is 1. The Balaban J connectivity index is 1.99. The highest BCUT2D eigenvalue weighted by atomic mass is 16.6. The molecule has 0 saturated heterocycles. The Morgan fingerprint density at radius 1 is 1.24 bits per heavy atom. The molecule has 1 aromatic heterocycles. The van der Waals surface area contributed by atoms with Gasteiger partial charge in [-0.25, -0.2) is 14.6 Å². The lowest BCUT2D eigenvalue weighted by atomic mass is 9.92. The third-order valence-electron chi connectivity index (χ3n) is 4.33. The van der Waals surface area contributed by atoms with E-state index in [4.69, 9.17) is 19.9 Å². The molecular formula is C17H23N3O5. The maximum atomic E-state index is 12.6. The Labute approximate surface area is 146 Å². The van der Waals surface area contributed by atoms with Crippen molar-refractivity contribution in [3.63, 3.8) is 0 Å². The van der Waals surface area contributed by atoms with E-state index in [0.717, 1.165) is 16.7 Å². The Hall–Kier alpha value is -2.35. The molecule has 0 aliphatic carbocycles. The molecular weight excluding hydrogens is 326 g/mol. The number of pyridine rings is 1. The van der Waals surface area contributed by atoms with Crippen molar-refractivity contribution in [3.8, 4) is 0 Å². The highest BCUT2D eigenvalue weighted by molar-refractivity contribution is 5.82. The number of carbonyl (C=O) groups excluding carboxylic acids is 2. The van der Waals surface area contributed by atoms with Gasteiger partial charge in [-0.15, -0.1) is 0 Å². The second-order valence-corrected chi connectivity index (χ2v) is 7.22. The van der Waals surface area contributed by atoms with Crippen molar-refractivity contribution in [2.24, 2.45) is 0 Å². The van der Waals surface area contributed by atoms with Crippen LogP contribution in [0.2, 0.25) is 0 Å². The van der Waals surface area contributed by atoms with Crippen LogP contribution in [0.1, 0.15) is 43.2 Å². The quantitative estimate of drug-likeness (QED) is 0.767. The molecule has 1 aromatic rings. The molecule has 0 saturated carbocycles. The molecule has 0 bridgehead atoms. The normalized spacial score (nSPS) is 19.2. The fourth-order valence-electron chi connectivity index (χ4n) is 3.19. The minimum atomic E-state index is -0.762. The molecule has 0 radical (unpaired) electrons. The maximum absolute atomic E-state index is 12.6. The summed E-state index contributed by atoms with van der Waals surface area (Å²) in [6, 6.07) is -0.762. The topological polar surface area (TPSA) is 104 Å². The molecule has 3 rings (SSSR count). The summed E-state index contributed by atoms with van der Waals surface area (Å²) in [5.41, 5.74) is 8.78. The lowest BCUT2D eigenvalue weighted by Crippen LogP contribution is -2.51. The zero-order valence-corrected chi connectivity index (χ0v) is 14.9. The van der Waals surface area contributed by atoms with E-state index in [-0.39, 0.29) is 6.54 Å². The first-order valence-corrected chi connectivity index (χ1v) is 8.15. The number of fused-ring (bicyclic) bond motifs is 3. The number of nitrogen functional groups attached to an aromatic ring is 1. The second-order valence-electron chi connectivity index (χ2n) is 7.22. The average molecular weight is 349 g/mol. The molecule has 136 valence electrons. The van der Waals surface area contributed by atoms with Crippen molar-refractivity contribution < 1.29 is 23.8 Å². The van der Waals surface area contributed by atoms with Crippen LogP contribution in [0.3, 0.4) is 0 Å². The molecule has 3 heterocycles. The number of nitrogens with zero attached hydrogens (tertiary/aromatic N) is 2. The lowest BCUT2D eigenvalue weighted by Gasteiger charge is -2.36. The van der Waals surface area contributed by atoms with Crippen molar-refractivity contribution in [2.75, 3.05) is 12.8 Å². The van der Waals surface area contributed by atoms with E-state index < -0.39 is 23.7 Å². The van der Waals surface area contributed by atoms with Gasteiger partial charge in [-0.1, -0.05) is 0 Å². The van der Waals surface area contributed by atoms with E-state index >= 15 is 0 Å². The predicted octanol–water partition coefficient (Wildman–Crippen LogP) is 1.53. The van der Waals surface area contributed by atoms with Gasteiger partial charge in [0.05, 0.1) is 32.6 Å². The highest BCUT2D eigenvalue weighted by Gasteiger charge is 2.40. The lowest BCUT2D eigenvalue weighted by molar-refractivity contribution is -0.147. The van der Waals surface area contributed by atoms with Gasteiger partial charge in [-0.2, -0.15) is 0 Å². The zero-order chi connectivity index (χ0) is 18.4. The molecule has 8 heteroatoms. The van der Waals surface area contributed by atoms with Gasteiger partial charge in [0.2, 0.25) is 0 Å². The number of amides is 1. The highest BCUT2D eigenvalue weighted by Crippen LogP contribution is 2.34. The number of hydrogen-bond donors (Lipinski definition) is 1. The number of carbonyl (C=O) groups is 2. The standard InChI is InChI=1S/C17H23N3O5/c1-17(2,3)25-16(22)20-6-12-9(5-13(20)15(21)23-4)10-7-24-8-11(10)14(18)19-12/h13H,5-8H2,1-4H3,(H2,18,19)/t13-/m1/s1. The van der Waals surface area contributed by atoms with Gasteiger partial charge in [0.15, 0.2) is 0 Å². The first kappa shape index (κ1) is 17.5. The van der Waals surface area contributed by atoms with Crippen LogP contribution >= 0.6 is 0 Å². The summed E-state index contributed by atoms with van der Waals surface area (Å²) >= 11 is 0. The first-order chi connectivity index (χ1) is 11.7. The van der Waals surface area contributed by atoms with Crippen molar-refractivity contribution in [1.29, 1.82) is 0 Å². The van der Waals surface area contributed by atoms with Crippen LogP contribution in [0.5, 0.6) is 0 Å². The van der Waals surface area contributed by atoms with E-state index in [2.05, 4.69) is 4.98 Å². The molecule has 0 spiro atoms. The van der Waals surface area contributed by atoms with Crippen LogP contribution in [-0.2, 0) is 45.2 Å². The Bertz CT molecular complexity index is 726. The summed E-state index contributed by atoms with van der Waals surface area (Å²) in [5, 5.41) is 0. The number of anilines is 1.